The number of rotatable bonds is 7. The number of nitro benzene ring substituents is 1. The topological polar surface area (TPSA) is 98.7 Å². The molecule has 34 heavy (non-hydrogen) atoms. The number of nitro groups is 1. The van der Waals surface area contributed by atoms with Crippen molar-refractivity contribution in [3.8, 4) is 17.2 Å². The first-order valence-electron chi connectivity index (χ1n) is 11.0. The third kappa shape index (κ3) is 4.04. The summed E-state index contributed by atoms with van der Waals surface area (Å²) in [4.78, 5) is 14.0. The maximum Gasteiger partial charge on any atom is 0.269 e. The fraction of sp³-hybridized carbons (Fsp3) is 0.231. The lowest BCUT2D eigenvalue weighted by Crippen LogP contribution is -2.30. The number of benzene rings is 3. The minimum absolute atomic E-state index is 0.000215. The zero-order valence-corrected chi connectivity index (χ0v) is 19.0. The largest absolute Gasteiger partial charge is 0.497 e. The number of aromatic amines is 1. The maximum absolute atomic E-state index is 10.8. The van der Waals surface area contributed by atoms with Gasteiger partial charge in [-0.3, -0.25) is 10.1 Å². The minimum Gasteiger partial charge on any atom is -0.497 e. The van der Waals surface area contributed by atoms with E-state index in [1.54, 1.807) is 26.4 Å². The Bertz CT molecular complexity index is 1350. The monoisotopic (exact) mass is 459 g/mol. The first-order chi connectivity index (χ1) is 16.6. The summed E-state index contributed by atoms with van der Waals surface area (Å²) in [5.41, 5.74) is 5.50. The van der Waals surface area contributed by atoms with Crippen molar-refractivity contribution in [2.75, 3.05) is 20.8 Å². The summed E-state index contributed by atoms with van der Waals surface area (Å²) in [6.07, 6.45) is 0.937. The standard InChI is InChI=1S/C26H25N3O5/c1-32-19-8-9-22-21(14-19)20-11-12-27-25(26(20)28-22)17-5-10-23(24(13-17)33-2)34-15-16-3-6-18(7-4-16)29(30)31/h3-10,13-14,25,27-28H,11-12,15H2,1-2H3/t25-/m0/s1. The summed E-state index contributed by atoms with van der Waals surface area (Å²) in [5.74, 6) is 2.09. The lowest BCUT2D eigenvalue weighted by atomic mass is 9.94. The molecule has 2 N–H and O–H groups in total. The normalized spacial score (nSPS) is 15.1. The molecule has 8 heteroatoms. The Labute approximate surface area is 196 Å². The van der Waals surface area contributed by atoms with Gasteiger partial charge in [0, 0.05) is 35.3 Å². The molecule has 0 unspecified atom stereocenters. The molecule has 0 fully saturated rings. The average molecular weight is 460 g/mol. The number of fused-ring (bicyclic) bond motifs is 3. The Hall–Kier alpha value is -4.04. The van der Waals surface area contributed by atoms with E-state index in [0.717, 1.165) is 41.1 Å². The molecular weight excluding hydrogens is 434 g/mol. The van der Waals surface area contributed by atoms with Crippen molar-refractivity contribution >= 4 is 16.6 Å². The highest BCUT2D eigenvalue weighted by Gasteiger charge is 2.26. The summed E-state index contributed by atoms with van der Waals surface area (Å²) in [6, 6.07) is 18.4. The van der Waals surface area contributed by atoms with Crippen molar-refractivity contribution < 1.29 is 19.1 Å². The second-order valence-electron chi connectivity index (χ2n) is 8.19. The highest BCUT2D eigenvalue weighted by Crippen LogP contribution is 2.38. The fourth-order valence-electron chi connectivity index (χ4n) is 4.48. The first-order valence-corrected chi connectivity index (χ1v) is 11.0. The highest BCUT2D eigenvalue weighted by molar-refractivity contribution is 5.86. The number of hydrogen-bond donors (Lipinski definition) is 2. The molecule has 0 amide bonds. The van der Waals surface area contributed by atoms with Crippen LogP contribution < -0.4 is 19.5 Å². The molecule has 4 aromatic rings. The van der Waals surface area contributed by atoms with Gasteiger partial charge in [0.15, 0.2) is 11.5 Å². The SMILES string of the molecule is COc1ccc2[nH]c3c(c2c1)CCN[C@H]3c1ccc(OCc2ccc([N+](=O)[O-])cc2)c(OC)c1. The second-order valence-corrected chi connectivity index (χ2v) is 8.19. The molecule has 2 heterocycles. The van der Waals surface area contributed by atoms with Crippen molar-refractivity contribution in [2.45, 2.75) is 19.1 Å². The molecule has 3 aromatic carbocycles. The van der Waals surface area contributed by atoms with Gasteiger partial charge in [-0.25, -0.2) is 0 Å². The number of non-ortho nitro benzene ring substituents is 1. The van der Waals surface area contributed by atoms with Gasteiger partial charge < -0.3 is 24.5 Å². The molecule has 0 spiro atoms. The lowest BCUT2D eigenvalue weighted by molar-refractivity contribution is -0.384. The van der Waals surface area contributed by atoms with Crippen LogP contribution in [0.2, 0.25) is 0 Å². The van der Waals surface area contributed by atoms with Gasteiger partial charge in [0.05, 0.1) is 25.2 Å². The smallest absolute Gasteiger partial charge is 0.269 e. The van der Waals surface area contributed by atoms with E-state index >= 15 is 0 Å². The number of aromatic nitrogens is 1. The third-order valence-corrected chi connectivity index (χ3v) is 6.22. The number of nitrogens with one attached hydrogen (secondary N) is 2. The Balaban J connectivity index is 1.40. The molecule has 0 saturated heterocycles. The number of methoxy groups -OCH3 is 2. The van der Waals surface area contributed by atoms with Crippen molar-refractivity contribution in [1.29, 1.82) is 0 Å². The van der Waals surface area contributed by atoms with Crippen LogP contribution in [0.3, 0.4) is 0 Å². The molecule has 0 saturated carbocycles. The number of hydrogen-bond acceptors (Lipinski definition) is 6. The fourth-order valence-corrected chi connectivity index (χ4v) is 4.48. The highest BCUT2D eigenvalue weighted by atomic mass is 16.6. The number of H-pyrrole nitrogens is 1. The van der Waals surface area contributed by atoms with Gasteiger partial charge >= 0.3 is 0 Å². The van der Waals surface area contributed by atoms with Crippen LogP contribution in [0.25, 0.3) is 10.9 Å². The molecule has 1 atom stereocenters. The molecule has 1 aliphatic heterocycles. The summed E-state index contributed by atoms with van der Waals surface area (Å²) in [5, 5.41) is 15.6. The van der Waals surface area contributed by atoms with Crippen LogP contribution in [0.5, 0.6) is 17.2 Å². The lowest BCUT2D eigenvalue weighted by Gasteiger charge is -2.25. The van der Waals surface area contributed by atoms with E-state index in [1.165, 1.54) is 23.1 Å². The zero-order valence-electron chi connectivity index (χ0n) is 19.0. The third-order valence-electron chi connectivity index (χ3n) is 6.22. The van der Waals surface area contributed by atoms with Gasteiger partial charge in [-0.05, 0) is 65.6 Å². The predicted molar refractivity (Wildman–Crippen MR) is 129 cm³/mol. The average Bonchev–Trinajstić information content (AvgIpc) is 3.25. The van der Waals surface area contributed by atoms with E-state index in [1.807, 2.05) is 24.3 Å². The molecule has 0 radical (unpaired) electrons. The van der Waals surface area contributed by atoms with Gasteiger partial charge in [-0.2, -0.15) is 0 Å². The summed E-state index contributed by atoms with van der Waals surface area (Å²) in [7, 11) is 3.30. The van der Waals surface area contributed by atoms with E-state index < -0.39 is 4.92 Å². The van der Waals surface area contributed by atoms with Gasteiger partial charge in [-0.15, -0.1) is 0 Å². The predicted octanol–water partition coefficient (Wildman–Crippen LogP) is 4.91. The van der Waals surface area contributed by atoms with Gasteiger partial charge in [0.25, 0.3) is 5.69 Å². The van der Waals surface area contributed by atoms with Crippen LogP contribution in [0, 0.1) is 10.1 Å². The summed E-state index contributed by atoms with van der Waals surface area (Å²) < 4.78 is 17.0. The van der Waals surface area contributed by atoms with E-state index in [2.05, 4.69) is 22.4 Å². The van der Waals surface area contributed by atoms with Gasteiger partial charge in [0.1, 0.15) is 12.4 Å². The van der Waals surface area contributed by atoms with Gasteiger partial charge in [0.2, 0.25) is 0 Å². The molecule has 8 nitrogen and oxygen atoms in total. The first kappa shape index (κ1) is 21.8. The zero-order chi connectivity index (χ0) is 23.7. The molecule has 1 aliphatic rings. The van der Waals surface area contributed by atoms with E-state index in [9.17, 15) is 10.1 Å². The molecule has 5 rings (SSSR count). The summed E-state index contributed by atoms with van der Waals surface area (Å²) >= 11 is 0. The van der Waals surface area contributed by atoms with Crippen molar-refractivity contribution in [3.63, 3.8) is 0 Å². The second kappa shape index (κ2) is 9.07. The van der Waals surface area contributed by atoms with Crippen LogP contribution >= 0.6 is 0 Å². The molecule has 0 bridgehead atoms. The van der Waals surface area contributed by atoms with Crippen LogP contribution in [-0.2, 0) is 13.0 Å². The Morgan fingerprint density at radius 1 is 1.00 bits per heavy atom. The van der Waals surface area contributed by atoms with Crippen LogP contribution in [0.4, 0.5) is 5.69 Å². The maximum atomic E-state index is 10.8. The Kier molecular flexibility index (Phi) is 5.81. The minimum atomic E-state index is -0.416. The molecule has 174 valence electrons. The molecular formula is C26H25N3O5. The van der Waals surface area contributed by atoms with Crippen LogP contribution in [0.15, 0.2) is 60.7 Å². The molecule has 1 aromatic heterocycles. The Morgan fingerprint density at radius 3 is 2.56 bits per heavy atom. The van der Waals surface area contributed by atoms with Crippen LogP contribution in [-0.4, -0.2) is 30.7 Å². The van der Waals surface area contributed by atoms with E-state index in [-0.39, 0.29) is 18.3 Å². The van der Waals surface area contributed by atoms with E-state index in [0.29, 0.717) is 11.5 Å². The van der Waals surface area contributed by atoms with E-state index in [4.69, 9.17) is 14.2 Å². The van der Waals surface area contributed by atoms with Crippen molar-refractivity contribution in [3.05, 3.63) is 93.2 Å². The van der Waals surface area contributed by atoms with Crippen molar-refractivity contribution in [2.24, 2.45) is 0 Å². The van der Waals surface area contributed by atoms with Gasteiger partial charge in [-0.1, -0.05) is 6.07 Å². The van der Waals surface area contributed by atoms with Crippen molar-refractivity contribution in [1.82, 2.24) is 10.3 Å². The quantitative estimate of drug-likeness (QED) is 0.301. The number of ether oxygens (including phenoxy) is 3. The molecule has 0 aliphatic carbocycles. The summed E-state index contributed by atoms with van der Waals surface area (Å²) in [6.45, 7) is 1.14. The van der Waals surface area contributed by atoms with Crippen LogP contribution in [0.1, 0.15) is 28.4 Å². The number of nitrogens with zero attached hydrogens (tertiary/aromatic N) is 1. The Morgan fingerprint density at radius 2 is 1.82 bits per heavy atom.